The van der Waals surface area contributed by atoms with Crippen molar-refractivity contribution in [3.05, 3.63) is 23.6 Å². The van der Waals surface area contributed by atoms with Gasteiger partial charge in [-0.15, -0.1) is 0 Å². The minimum Gasteiger partial charge on any atom is -0.478 e. The van der Waals surface area contributed by atoms with Gasteiger partial charge in [-0.05, 0) is 6.07 Å². The first-order chi connectivity index (χ1) is 8.49. The van der Waals surface area contributed by atoms with Gasteiger partial charge in [0, 0.05) is 20.1 Å². The summed E-state index contributed by atoms with van der Waals surface area (Å²) in [6.45, 7) is 1.01. The highest BCUT2D eigenvalue weighted by atomic mass is 19.1. The summed E-state index contributed by atoms with van der Waals surface area (Å²) in [7, 11) is 1.68. The van der Waals surface area contributed by atoms with Crippen LogP contribution in [-0.2, 0) is 4.79 Å². The molecular formula is C11H12FN3O3. The van der Waals surface area contributed by atoms with E-state index in [-0.39, 0.29) is 23.8 Å². The van der Waals surface area contributed by atoms with Crippen LogP contribution in [0.1, 0.15) is 10.4 Å². The second-order valence-corrected chi connectivity index (χ2v) is 4.07. The molecule has 0 aromatic carbocycles. The maximum absolute atomic E-state index is 13.0. The molecule has 1 N–H and O–H groups in total. The largest absolute Gasteiger partial charge is 0.478 e. The number of piperazine rings is 1. The number of hydrogen-bond acceptors (Lipinski definition) is 4. The number of hydrogen-bond donors (Lipinski definition) is 1. The number of rotatable bonds is 2. The van der Waals surface area contributed by atoms with Crippen molar-refractivity contribution in [1.29, 1.82) is 0 Å². The molecule has 7 heteroatoms. The molecule has 1 saturated heterocycles. The van der Waals surface area contributed by atoms with Gasteiger partial charge in [-0.1, -0.05) is 0 Å². The van der Waals surface area contributed by atoms with Crippen LogP contribution in [0.2, 0.25) is 0 Å². The smallest absolute Gasteiger partial charge is 0.339 e. The van der Waals surface area contributed by atoms with Crippen molar-refractivity contribution in [3.8, 4) is 0 Å². The zero-order chi connectivity index (χ0) is 13.3. The summed E-state index contributed by atoms with van der Waals surface area (Å²) < 4.78 is 13.0. The number of carbonyl (C=O) groups excluding carboxylic acids is 1. The number of amides is 1. The van der Waals surface area contributed by atoms with Crippen molar-refractivity contribution >= 4 is 17.7 Å². The van der Waals surface area contributed by atoms with E-state index < -0.39 is 11.8 Å². The lowest BCUT2D eigenvalue weighted by molar-refractivity contribution is -0.129. The first-order valence-electron chi connectivity index (χ1n) is 5.37. The fourth-order valence-electron chi connectivity index (χ4n) is 1.78. The summed E-state index contributed by atoms with van der Waals surface area (Å²) in [6, 6.07) is 0.910. The Morgan fingerprint density at radius 2 is 2.22 bits per heavy atom. The average molecular weight is 253 g/mol. The van der Waals surface area contributed by atoms with E-state index in [1.165, 1.54) is 0 Å². The van der Waals surface area contributed by atoms with Crippen LogP contribution in [0.25, 0.3) is 0 Å². The molecular weight excluding hydrogens is 241 g/mol. The Labute approximate surface area is 103 Å². The Bertz CT molecular complexity index is 506. The molecule has 1 aromatic heterocycles. The highest BCUT2D eigenvalue weighted by Crippen LogP contribution is 2.20. The summed E-state index contributed by atoms with van der Waals surface area (Å²) in [5.74, 6) is -1.96. The number of aromatic carboxylic acids is 1. The zero-order valence-electron chi connectivity index (χ0n) is 9.76. The molecule has 0 bridgehead atoms. The number of carbonyl (C=O) groups is 2. The summed E-state index contributed by atoms with van der Waals surface area (Å²) in [5.41, 5.74) is -0.229. The molecule has 2 rings (SSSR count). The molecule has 0 saturated carbocycles. The molecule has 1 aliphatic rings. The van der Waals surface area contributed by atoms with E-state index in [4.69, 9.17) is 5.11 Å². The standard InChI is InChI=1S/C11H12FN3O3/c1-14-2-3-15(6-9(14)16)10-8(11(17)18)4-7(12)5-13-10/h4-5H,2-3,6H2,1H3,(H,17,18). The first kappa shape index (κ1) is 12.3. The molecule has 1 fully saturated rings. The molecule has 0 unspecified atom stereocenters. The van der Waals surface area contributed by atoms with E-state index in [1.807, 2.05) is 0 Å². The van der Waals surface area contributed by atoms with Crippen LogP contribution in [0.3, 0.4) is 0 Å². The topological polar surface area (TPSA) is 73.7 Å². The quantitative estimate of drug-likeness (QED) is 0.814. The molecule has 1 aromatic rings. The van der Waals surface area contributed by atoms with E-state index in [2.05, 4.69) is 4.98 Å². The van der Waals surface area contributed by atoms with Gasteiger partial charge in [-0.25, -0.2) is 14.2 Å². The summed E-state index contributed by atoms with van der Waals surface area (Å²) in [6.07, 6.45) is 0.949. The number of likely N-dealkylation sites (N-methyl/N-ethyl adjacent to an activating group) is 1. The maximum atomic E-state index is 13.0. The van der Waals surface area contributed by atoms with Crippen molar-refractivity contribution in [1.82, 2.24) is 9.88 Å². The summed E-state index contributed by atoms with van der Waals surface area (Å²) >= 11 is 0. The van der Waals surface area contributed by atoms with Crippen molar-refractivity contribution in [2.45, 2.75) is 0 Å². The molecule has 6 nitrogen and oxygen atoms in total. The maximum Gasteiger partial charge on any atom is 0.339 e. The molecule has 0 radical (unpaired) electrons. The van der Waals surface area contributed by atoms with Gasteiger partial charge >= 0.3 is 5.97 Å². The van der Waals surface area contributed by atoms with Gasteiger partial charge in [-0.3, -0.25) is 4.79 Å². The van der Waals surface area contributed by atoms with Gasteiger partial charge in [0.2, 0.25) is 5.91 Å². The Morgan fingerprint density at radius 3 is 2.83 bits per heavy atom. The second kappa shape index (κ2) is 4.59. The van der Waals surface area contributed by atoms with Gasteiger partial charge in [-0.2, -0.15) is 0 Å². The van der Waals surface area contributed by atoms with E-state index in [1.54, 1.807) is 16.8 Å². The number of pyridine rings is 1. The third-order valence-electron chi connectivity index (χ3n) is 2.82. The SMILES string of the molecule is CN1CCN(c2ncc(F)cc2C(=O)O)CC1=O. The number of halogens is 1. The lowest BCUT2D eigenvalue weighted by atomic mass is 10.2. The predicted molar refractivity (Wildman–Crippen MR) is 61.0 cm³/mol. The summed E-state index contributed by atoms with van der Waals surface area (Å²) in [4.78, 5) is 29.5. The Hall–Kier alpha value is -2.18. The van der Waals surface area contributed by atoms with Crippen LogP contribution >= 0.6 is 0 Å². The van der Waals surface area contributed by atoms with E-state index in [0.717, 1.165) is 12.3 Å². The minimum atomic E-state index is -1.26. The molecule has 96 valence electrons. The fraction of sp³-hybridized carbons (Fsp3) is 0.364. The second-order valence-electron chi connectivity index (χ2n) is 4.07. The van der Waals surface area contributed by atoms with Crippen LogP contribution in [0, 0.1) is 5.82 Å². The van der Waals surface area contributed by atoms with Gasteiger partial charge in [0.15, 0.2) is 0 Å². The van der Waals surface area contributed by atoms with Gasteiger partial charge in [0.25, 0.3) is 0 Å². The Kier molecular flexibility index (Phi) is 3.14. The first-order valence-corrected chi connectivity index (χ1v) is 5.37. The van der Waals surface area contributed by atoms with Gasteiger partial charge in [0.1, 0.15) is 17.2 Å². The van der Waals surface area contributed by atoms with Crippen molar-refractivity contribution in [3.63, 3.8) is 0 Å². The van der Waals surface area contributed by atoms with Gasteiger partial charge in [0.05, 0.1) is 12.7 Å². The third-order valence-corrected chi connectivity index (χ3v) is 2.82. The van der Waals surface area contributed by atoms with Crippen LogP contribution in [-0.4, -0.2) is 53.5 Å². The number of carboxylic acid groups (broad SMARTS) is 1. The number of nitrogens with zero attached hydrogens (tertiary/aromatic N) is 3. The minimum absolute atomic E-state index is 0.0510. The van der Waals surface area contributed by atoms with E-state index in [0.29, 0.717) is 13.1 Å². The van der Waals surface area contributed by atoms with Gasteiger partial charge < -0.3 is 14.9 Å². The molecule has 0 aliphatic carbocycles. The average Bonchev–Trinajstić information content (AvgIpc) is 2.32. The van der Waals surface area contributed by atoms with Crippen LogP contribution in [0.15, 0.2) is 12.3 Å². The normalized spacial score (nSPS) is 16.0. The molecule has 2 heterocycles. The number of anilines is 1. The molecule has 18 heavy (non-hydrogen) atoms. The molecule has 1 aliphatic heterocycles. The highest BCUT2D eigenvalue weighted by Gasteiger charge is 2.25. The number of carboxylic acids is 1. The monoisotopic (exact) mass is 253 g/mol. The predicted octanol–water partition coefficient (Wildman–Crippen LogP) is 0.197. The van der Waals surface area contributed by atoms with E-state index >= 15 is 0 Å². The summed E-state index contributed by atoms with van der Waals surface area (Å²) in [5, 5.41) is 9.01. The lowest BCUT2D eigenvalue weighted by Crippen LogP contribution is -2.49. The third kappa shape index (κ3) is 2.24. The van der Waals surface area contributed by atoms with Crippen molar-refractivity contribution in [2.24, 2.45) is 0 Å². The molecule has 0 spiro atoms. The van der Waals surface area contributed by atoms with Crippen LogP contribution < -0.4 is 4.90 Å². The highest BCUT2D eigenvalue weighted by molar-refractivity contribution is 5.94. The molecule has 1 amide bonds. The number of aromatic nitrogens is 1. The van der Waals surface area contributed by atoms with Crippen molar-refractivity contribution in [2.75, 3.05) is 31.6 Å². The van der Waals surface area contributed by atoms with Crippen LogP contribution in [0.5, 0.6) is 0 Å². The van der Waals surface area contributed by atoms with Crippen molar-refractivity contribution < 1.29 is 19.1 Å². The fourth-order valence-corrected chi connectivity index (χ4v) is 1.78. The zero-order valence-corrected chi connectivity index (χ0v) is 9.76. The Balaban J connectivity index is 2.33. The molecule has 0 atom stereocenters. The Morgan fingerprint density at radius 1 is 1.50 bits per heavy atom. The lowest BCUT2D eigenvalue weighted by Gasteiger charge is -2.33. The van der Waals surface area contributed by atoms with Crippen LogP contribution in [0.4, 0.5) is 10.2 Å². The van der Waals surface area contributed by atoms with E-state index in [9.17, 15) is 14.0 Å².